The zero-order valence-corrected chi connectivity index (χ0v) is 14.4. The Hall–Kier alpha value is -1.89. The molecule has 1 rings (SSSR count). The molecule has 0 radical (unpaired) electrons. The molecule has 0 aromatic heterocycles. The van der Waals surface area contributed by atoms with Crippen LogP contribution in [0.5, 0.6) is 0 Å². The Morgan fingerprint density at radius 1 is 1.12 bits per heavy atom. The third-order valence-electron chi connectivity index (χ3n) is 4.24. The molecule has 1 unspecified atom stereocenters. The second kappa shape index (κ2) is 9.42. The summed E-state index contributed by atoms with van der Waals surface area (Å²) in [5.41, 5.74) is -0.0660. The third kappa shape index (κ3) is 7.59. The van der Waals surface area contributed by atoms with Gasteiger partial charge in [-0.3, -0.25) is 9.59 Å². The maximum absolute atomic E-state index is 12.0. The average Bonchev–Trinajstić information content (AvgIpc) is 3.12. The first kappa shape index (κ1) is 20.2. The van der Waals surface area contributed by atoms with Gasteiger partial charge in [0.1, 0.15) is 5.70 Å². The molecule has 0 saturated heterocycles. The van der Waals surface area contributed by atoms with E-state index >= 15 is 0 Å². The van der Waals surface area contributed by atoms with Crippen molar-refractivity contribution < 1.29 is 24.6 Å². The molecule has 7 heteroatoms. The Kier molecular flexibility index (Phi) is 7.91. The first-order valence-electron chi connectivity index (χ1n) is 8.41. The predicted octanol–water partition coefficient (Wildman–Crippen LogP) is 1.74. The molecule has 0 spiro atoms. The number of nitrogens with one attached hydrogen (secondary N) is 2. The van der Waals surface area contributed by atoms with Crippen LogP contribution in [-0.2, 0) is 14.4 Å². The fraction of sp³-hybridized carbons (Fsp3) is 0.706. The Bertz CT molecular complexity index is 499. The van der Waals surface area contributed by atoms with Crippen LogP contribution in [0.1, 0.15) is 52.4 Å². The zero-order chi connectivity index (χ0) is 18.2. The molecule has 0 heterocycles. The molecular formula is C17H28N2O5. The smallest absolute Gasteiger partial charge is 0.352 e. The van der Waals surface area contributed by atoms with Crippen molar-refractivity contribution in [3.63, 3.8) is 0 Å². The standard InChI is InChI=1S/C17H28N2O5/c1-17(2)11-12(17)15(22)19-13(16(23)24)7-5-3-4-6-9-18-10-8-14(20)21/h7,12,18H,3-6,8-11H2,1-2H3,(H,19,22)(H,20,21)(H,23,24). The minimum absolute atomic E-state index is 0.0265. The van der Waals surface area contributed by atoms with Gasteiger partial charge in [0, 0.05) is 12.5 Å². The van der Waals surface area contributed by atoms with E-state index < -0.39 is 11.9 Å². The van der Waals surface area contributed by atoms with Crippen molar-refractivity contribution in [2.24, 2.45) is 11.3 Å². The molecule has 0 aromatic carbocycles. The van der Waals surface area contributed by atoms with E-state index in [4.69, 9.17) is 10.2 Å². The first-order valence-corrected chi connectivity index (χ1v) is 8.41. The van der Waals surface area contributed by atoms with Crippen molar-refractivity contribution in [2.75, 3.05) is 13.1 Å². The van der Waals surface area contributed by atoms with Crippen molar-refractivity contribution in [2.45, 2.75) is 52.4 Å². The lowest BCUT2D eigenvalue weighted by Gasteiger charge is -2.07. The van der Waals surface area contributed by atoms with E-state index in [1.54, 1.807) is 6.08 Å². The quantitative estimate of drug-likeness (QED) is 0.318. The minimum atomic E-state index is -1.11. The highest BCUT2D eigenvalue weighted by Crippen LogP contribution is 2.51. The molecule has 0 aromatic rings. The maximum atomic E-state index is 12.0. The normalized spacial score (nSPS) is 18.9. The van der Waals surface area contributed by atoms with Crippen LogP contribution in [0, 0.1) is 11.3 Å². The van der Waals surface area contributed by atoms with Gasteiger partial charge in [0.25, 0.3) is 0 Å². The highest BCUT2D eigenvalue weighted by atomic mass is 16.4. The molecule has 4 N–H and O–H groups in total. The fourth-order valence-electron chi connectivity index (χ4n) is 2.46. The van der Waals surface area contributed by atoms with Crippen molar-refractivity contribution in [3.8, 4) is 0 Å². The summed E-state index contributed by atoms with van der Waals surface area (Å²) in [4.78, 5) is 33.5. The number of hydrogen-bond donors (Lipinski definition) is 4. The average molecular weight is 340 g/mol. The zero-order valence-electron chi connectivity index (χ0n) is 14.4. The van der Waals surface area contributed by atoms with Gasteiger partial charge >= 0.3 is 11.9 Å². The highest BCUT2D eigenvalue weighted by molar-refractivity contribution is 5.94. The van der Waals surface area contributed by atoms with Gasteiger partial charge < -0.3 is 20.8 Å². The SMILES string of the molecule is CC1(C)CC1C(=O)NC(=CCCCCCNCCC(=O)O)C(=O)O. The number of rotatable bonds is 12. The molecule has 1 amide bonds. The Balaban J connectivity index is 2.18. The summed E-state index contributed by atoms with van der Waals surface area (Å²) >= 11 is 0. The summed E-state index contributed by atoms with van der Waals surface area (Å²) < 4.78 is 0. The van der Waals surface area contributed by atoms with Gasteiger partial charge in [-0.2, -0.15) is 0 Å². The third-order valence-corrected chi connectivity index (χ3v) is 4.24. The number of unbranched alkanes of at least 4 members (excludes halogenated alkanes) is 3. The van der Waals surface area contributed by atoms with Crippen LogP contribution in [0.25, 0.3) is 0 Å². The molecule has 7 nitrogen and oxygen atoms in total. The van der Waals surface area contributed by atoms with Gasteiger partial charge in [-0.25, -0.2) is 4.79 Å². The van der Waals surface area contributed by atoms with E-state index in [2.05, 4.69) is 10.6 Å². The Morgan fingerprint density at radius 3 is 2.33 bits per heavy atom. The lowest BCUT2D eigenvalue weighted by atomic mass is 10.1. The number of carboxylic acids is 2. The summed E-state index contributed by atoms with van der Waals surface area (Å²) in [6.45, 7) is 5.19. The lowest BCUT2D eigenvalue weighted by Crippen LogP contribution is -2.29. The Morgan fingerprint density at radius 2 is 1.79 bits per heavy atom. The predicted molar refractivity (Wildman–Crippen MR) is 89.3 cm³/mol. The maximum Gasteiger partial charge on any atom is 0.352 e. The van der Waals surface area contributed by atoms with Crippen LogP contribution >= 0.6 is 0 Å². The summed E-state index contributed by atoms with van der Waals surface area (Å²) in [7, 11) is 0. The molecule has 1 fully saturated rings. The lowest BCUT2D eigenvalue weighted by molar-refractivity contribution is -0.137. The largest absolute Gasteiger partial charge is 0.481 e. The van der Waals surface area contributed by atoms with E-state index in [-0.39, 0.29) is 29.4 Å². The Labute approximate surface area is 142 Å². The molecule has 1 aliphatic carbocycles. The molecule has 1 saturated carbocycles. The topological polar surface area (TPSA) is 116 Å². The number of carbonyl (C=O) groups excluding carboxylic acids is 1. The monoisotopic (exact) mass is 340 g/mol. The van der Waals surface area contributed by atoms with Gasteiger partial charge in [-0.1, -0.05) is 26.3 Å². The summed E-state index contributed by atoms with van der Waals surface area (Å²) in [6.07, 6.45) is 5.69. The molecule has 0 aliphatic heterocycles. The van der Waals surface area contributed by atoms with Crippen molar-refractivity contribution in [3.05, 3.63) is 11.8 Å². The number of carboxylic acid groups (broad SMARTS) is 2. The number of allylic oxidation sites excluding steroid dienone is 1. The van der Waals surface area contributed by atoms with Gasteiger partial charge in [0.2, 0.25) is 5.91 Å². The van der Waals surface area contributed by atoms with Crippen molar-refractivity contribution in [1.82, 2.24) is 10.6 Å². The van der Waals surface area contributed by atoms with E-state index in [1.165, 1.54) is 0 Å². The van der Waals surface area contributed by atoms with Gasteiger partial charge in [0.05, 0.1) is 6.42 Å². The van der Waals surface area contributed by atoms with Gasteiger partial charge in [-0.15, -0.1) is 0 Å². The van der Waals surface area contributed by atoms with E-state index in [0.717, 1.165) is 32.2 Å². The fourth-order valence-corrected chi connectivity index (χ4v) is 2.46. The van der Waals surface area contributed by atoms with Crippen LogP contribution in [-0.4, -0.2) is 41.1 Å². The van der Waals surface area contributed by atoms with E-state index in [0.29, 0.717) is 13.0 Å². The van der Waals surface area contributed by atoms with E-state index in [9.17, 15) is 14.4 Å². The van der Waals surface area contributed by atoms with Crippen LogP contribution in [0.2, 0.25) is 0 Å². The van der Waals surface area contributed by atoms with Crippen LogP contribution in [0.15, 0.2) is 11.8 Å². The summed E-state index contributed by atoms with van der Waals surface area (Å²) in [5, 5.41) is 23.2. The van der Waals surface area contributed by atoms with E-state index in [1.807, 2.05) is 13.8 Å². The second-order valence-corrected chi connectivity index (χ2v) is 6.90. The second-order valence-electron chi connectivity index (χ2n) is 6.90. The molecule has 0 bridgehead atoms. The van der Waals surface area contributed by atoms with Crippen LogP contribution in [0.4, 0.5) is 0 Å². The minimum Gasteiger partial charge on any atom is -0.481 e. The molecule has 1 atom stereocenters. The molecule has 136 valence electrons. The summed E-state index contributed by atoms with van der Waals surface area (Å²) in [5.74, 6) is -2.24. The molecule has 1 aliphatic rings. The molecule has 24 heavy (non-hydrogen) atoms. The number of amides is 1. The summed E-state index contributed by atoms with van der Waals surface area (Å²) in [6, 6.07) is 0. The number of aliphatic carboxylic acids is 2. The van der Waals surface area contributed by atoms with Crippen molar-refractivity contribution in [1.29, 1.82) is 0 Å². The number of hydrogen-bond acceptors (Lipinski definition) is 4. The van der Waals surface area contributed by atoms with Crippen molar-refractivity contribution >= 4 is 17.8 Å². The van der Waals surface area contributed by atoms with Crippen LogP contribution < -0.4 is 10.6 Å². The highest BCUT2D eigenvalue weighted by Gasteiger charge is 2.50. The van der Waals surface area contributed by atoms with Crippen LogP contribution in [0.3, 0.4) is 0 Å². The van der Waals surface area contributed by atoms with Gasteiger partial charge in [0.15, 0.2) is 0 Å². The first-order chi connectivity index (χ1) is 11.2. The number of carbonyl (C=O) groups is 3. The van der Waals surface area contributed by atoms with Gasteiger partial charge in [-0.05, 0) is 37.6 Å². The molecular weight excluding hydrogens is 312 g/mol.